The standard InChI is InChI=1S/C24H25NO4S/c1-18(2)20-11-13-21(14-12-20)30(27,28)23(22-9-6-16-29-22)17-25-24(26)15-10-19-7-4-3-5-8-19/h3-16,18,23H,17H2,1-2H3,(H,25,26)/b15-10+/t23-/m0/s1. The number of amides is 1. The van der Waals surface area contributed by atoms with Gasteiger partial charge in [0.05, 0.1) is 11.2 Å². The zero-order valence-electron chi connectivity index (χ0n) is 17.0. The second-order valence-corrected chi connectivity index (χ2v) is 9.39. The summed E-state index contributed by atoms with van der Waals surface area (Å²) in [5, 5.41) is 1.66. The Kier molecular flexibility index (Phi) is 6.90. The molecule has 156 valence electrons. The number of furan rings is 1. The molecule has 0 fully saturated rings. The summed E-state index contributed by atoms with van der Waals surface area (Å²) in [6.07, 6.45) is 4.49. The second kappa shape index (κ2) is 9.59. The largest absolute Gasteiger partial charge is 0.468 e. The van der Waals surface area contributed by atoms with Gasteiger partial charge in [0.25, 0.3) is 0 Å². The highest BCUT2D eigenvalue weighted by molar-refractivity contribution is 7.91. The Morgan fingerprint density at radius 2 is 1.70 bits per heavy atom. The maximum absolute atomic E-state index is 13.3. The van der Waals surface area contributed by atoms with Gasteiger partial charge in [-0.15, -0.1) is 0 Å². The van der Waals surface area contributed by atoms with E-state index in [0.29, 0.717) is 5.92 Å². The smallest absolute Gasteiger partial charge is 0.244 e. The molecule has 2 aromatic carbocycles. The predicted octanol–water partition coefficient (Wildman–Crippen LogP) is 4.75. The van der Waals surface area contributed by atoms with Crippen molar-refractivity contribution >= 4 is 21.8 Å². The van der Waals surface area contributed by atoms with Crippen LogP contribution >= 0.6 is 0 Å². The molecule has 0 aliphatic carbocycles. The van der Waals surface area contributed by atoms with Crippen molar-refractivity contribution in [2.45, 2.75) is 29.9 Å². The quantitative estimate of drug-likeness (QED) is 0.531. The van der Waals surface area contributed by atoms with E-state index in [1.54, 1.807) is 30.3 Å². The number of sulfone groups is 1. The van der Waals surface area contributed by atoms with Crippen molar-refractivity contribution in [1.29, 1.82) is 0 Å². The van der Waals surface area contributed by atoms with Gasteiger partial charge in [-0.3, -0.25) is 4.79 Å². The Morgan fingerprint density at radius 3 is 2.30 bits per heavy atom. The molecule has 6 heteroatoms. The lowest BCUT2D eigenvalue weighted by Gasteiger charge is -2.17. The van der Waals surface area contributed by atoms with Crippen LogP contribution < -0.4 is 5.32 Å². The van der Waals surface area contributed by atoms with E-state index in [9.17, 15) is 13.2 Å². The van der Waals surface area contributed by atoms with Crippen molar-refractivity contribution in [2.24, 2.45) is 0 Å². The molecule has 0 bridgehead atoms. The summed E-state index contributed by atoms with van der Waals surface area (Å²) >= 11 is 0. The number of hydrogen-bond acceptors (Lipinski definition) is 4. The zero-order valence-corrected chi connectivity index (χ0v) is 17.8. The molecule has 0 saturated carbocycles. The summed E-state index contributed by atoms with van der Waals surface area (Å²) < 4.78 is 31.9. The van der Waals surface area contributed by atoms with Crippen LogP contribution in [0.3, 0.4) is 0 Å². The monoisotopic (exact) mass is 423 g/mol. The van der Waals surface area contributed by atoms with Crippen LogP contribution in [-0.4, -0.2) is 20.9 Å². The van der Waals surface area contributed by atoms with Crippen LogP contribution in [0.25, 0.3) is 6.08 Å². The van der Waals surface area contributed by atoms with E-state index in [4.69, 9.17) is 4.42 Å². The summed E-state index contributed by atoms with van der Waals surface area (Å²) in [6, 6.07) is 19.5. The molecule has 1 heterocycles. The molecule has 0 unspecified atom stereocenters. The lowest BCUT2D eigenvalue weighted by atomic mass is 10.0. The van der Waals surface area contributed by atoms with Crippen molar-refractivity contribution in [3.05, 3.63) is 96.0 Å². The van der Waals surface area contributed by atoms with Gasteiger partial charge in [-0.05, 0) is 47.4 Å². The highest BCUT2D eigenvalue weighted by atomic mass is 32.2. The lowest BCUT2D eigenvalue weighted by Crippen LogP contribution is -2.30. The molecule has 0 aliphatic heterocycles. The minimum atomic E-state index is -3.76. The Bertz CT molecular complexity index is 1080. The first-order valence-electron chi connectivity index (χ1n) is 9.76. The maximum Gasteiger partial charge on any atom is 0.244 e. The van der Waals surface area contributed by atoms with Crippen molar-refractivity contribution in [2.75, 3.05) is 6.54 Å². The molecule has 5 nitrogen and oxygen atoms in total. The first-order valence-corrected chi connectivity index (χ1v) is 11.3. The number of benzene rings is 2. The van der Waals surface area contributed by atoms with E-state index in [2.05, 4.69) is 5.32 Å². The van der Waals surface area contributed by atoms with Gasteiger partial charge in [0, 0.05) is 12.6 Å². The molecule has 3 aromatic rings. The van der Waals surface area contributed by atoms with Gasteiger partial charge in [0.2, 0.25) is 5.91 Å². The van der Waals surface area contributed by atoms with Gasteiger partial charge in [-0.25, -0.2) is 8.42 Å². The number of nitrogens with one attached hydrogen (secondary N) is 1. The first-order chi connectivity index (χ1) is 14.4. The van der Waals surface area contributed by atoms with Crippen molar-refractivity contribution in [1.82, 2.24) is 5.32 Å². The fourth-order valence-electron chi connectivity index (χ4n) is 3.03. The molecule has 3 rings (SSSR count). The SMILES string of the molecule is CC(C)c1ccc(S(=O)(=O)[C@@H](CNC(=O)/C=C/c2ccccc2)c2ccco2)cc1. The van der Waals surface area contributed by atoms with Crippen LogP contribution in [-0.2, 0) is 14.6 Å². The van der Waals surface area contributed by atoms with Gasteiger partial charge >= 0.3 is 0 Å². The summed E-state index contributed by atoms with van der Waals surface area (Å²) in [4.78, 5) is 12.4. The van der Waals surface area contributed by atoms with Crippen molar-refractivity contribution in [3.63, 3.8) is 0 Å². The molecule has 0 aliphatic rings. The van der Waals surface area contributed by atoms with Crippen LogP contribution in [0.15, 0.2) is 88.4 Å². The van der Waals surface area contributed by atoms with E-state index in [-0.39, 0.29) is 23.1 Å². The van der Waals surface area contributed by atoms with E-state index < -0.39 is 15.1 Å². The van der Waals surface area contributed by atoms with Gasteiger partial charge < -0.3 is 9.73 Å². The Morgan fingerprint density at radius 1 is 1.00 bits per heavy atom. The summed E-state index contributed by atoms with van der Waals surface area (Å²) in [5.74, 6) is 0.217. The summed E-state index contributed by atoms with van der Waals surface area (Å²) in [7, 11) is -3.76. The molecule has 1 aromatic heterocycles. The van der Waals surface area contributed by atoms with E-state index in [1.165, 1.54) is 12.3 Å². The van der Waals surface area contributed by atoms with Gasteiger partial charge in [-0.2, -0.15) is 0 Å². The number of rotatable bonds is 8. The second-order valence-electron chi connectivity index (χ2n) is 7.26. The first kappa shape index (κ1) is 21.6. The maximum atomic E-state index is 13.3. The third kappa shape index (κ3) is 5.27. The van der Waals surface area contributed by atoms with Crippen LogP contribution in [0, 0.1) is 0 Å². The number of carbonyl (C=O) groups is 1. The molecule has 0 spiro atoms. The molecule has 1 amide bonds. The van der Waals surface area contributed by atoms with Gasteiger partial charge in [-0.1, -0.05) is 56.3 Å². The third-order valence-corrected chi connectivity index (χ3v) is 6.88. The van der Waals surface area contributed by atoms with Crippen LogP contribution in [0.5, 0.6) is 0 Å². The zero-order chi connectivity index (χ0) is 21.6. The Balaban J connectivity index is 1.78. The molecule has 0 saturated heterocycles. The topological polar surface area (TPSA) is 76.4 Å². The van der Waals surface area contributed by atoms with Gasteiger partial charge in [0.15, 0.2) is 9.84 Å². The average molecular weight is 424 g/mol. The fraction of sp³-hybridized carbons (Fsp3) is 0.208. The molecular formula is C24H25NO4S. The normalized spacial score (nSPS) is 12.9. The lowest BCUT2D eigenvalue weighted by molar-refractivity contribution is -0.116. The highest BCUT2D eigenvalue weighted by Crippen LogP contribution is 2.29. The van der Waals surface area contributed by atoms with Crippen LogP contribution in [0.1, 0.15) is 41.9 Å². The Labute approximate surface area is 177 Å². The summed E-state index contributed by atoms with van der Waals surface area (Å²) in [6.45, 7) is 4.00. The van der Waals surface area contributed by atoms with Gasteiger partial charge in [0.1, 0.15) is 11.0 Å². The van der Waals surface area contributed by atoms with E-state index in [0.717, 1.165) is 11.1 Å². The number of carbonyl (C=O) groups excluding carboxylic acids is 1. The molecule has 1 atom stereocenters. The van der Waals surface area contributed by atoms with Crippen LogP contribution in [0.4, 0.5) is 0 Å². The fourth-order valence-corrected chi connectivity index (χ4v) is 4.62. The minimum absolute atomic E-state index is 0.0975. The molecular weight excluding hydrogens is 398 g/mol. The third-order valence-electron chi connectivity index (χ3n) is 4.80. The molecule has 30 heavy (non-hydrogen) atoms. The van der Waals surface area contributed by atoms with Crippen LogP contribution in [0.2, 0.25) is 0 Å². The van der Waals surface area contributed by atoms with Crippen molar-refractivity contribution < 1.29 is 17.6 Å². The number of hydrogen-bond donors (Lipinski definition) is 1. The van der Waals surface area contributed by atoms with E-state index in [1.807, 2.05) is 56.3 Å². The molecule has 0 radical (unpaired) electrons. The highest BCUT2D eigenvalue weighted by Gasteiger charge is 2.31. The summed E-state index contributed by atoms with van der Waals surface area (Å²) in [5.41, 5.74) is 1.94. The minimum Gasteiger partial charge on any atom is -0.468 e. The average Bonchev–Trinajstić information content (AvgIpc) is 3.27. The van der Waals surface area contributed by atoms with E-state index >= 15 is 0 Å². The predicted molar refractivity (Wildman–Crippen MR) is 118 cm³/mol. The molecule has 1 N–H and O–H groups in total. The van der Waals surface area contributed by atoms with Crippen molar-refractivity contribution in [3.8, 4) is 0 Å². The Hall–Kier alpha value is -3.12.